The molecule has 1 aliphatic heterocycles. The highest BCUT2D eigenvalue weighted by Gasteiger charge is 2.44. The zero-order valence-corrected chi connectivity index (χ0v) is 16.7. The van der Waals surface area contributed by atoms with Crippen LogP contribution in [0.25, 0.3) is 0 Å². The molecule has 0 spiro atoms. The first-order chi connectivity index (χ1) is 13.6. The molecule has 162 valence electrons. The lowest BCUT2D eigenvalue weighted by molar-refractivity contribution is -0.187. The van der Waals surface area contributed by atoms with E-state index in [9.17, 15) is 30.8 Å². The third kappa shape index (κ3) is 5.09. The molecule has 2 atom stereocenters. The Morgan fingerprint density at radius 2 is 1.66 bits per heavy atom. The average molecular weight is 436 g/mol. The van der Waals surface area contributed by atoms with Crippen LogP contribution in [0.4, 0.5) is 17.6 Å². The Kier molecular flexibility index (Phi) is 6.52. The molecule has 1 saturated heterocycles. The van der Waals surface area contributed by atoms with Crippen molar-refractivity contribution >= 4 is 15.9 Å². The van der Waals surface area contributed by atoms with Crippen LogP contribution in [0.15, 0.2) is 29.2 Å². The van der Waals surface area contributed by atoms with Crippen LogP contribution in [0.2, 0.25) is 0 Å². The number of rotatable bonds is 3. The van der Waals surface area contributed by atoms with Crippen LogP contribution in [0, 0.1) is 17.7 Å². The predicted octanol–water partition coefficient (Wildman–Crippen LogP) is 3.42. The minimum Gasteiger partial charge on any atom is -0.341 e. The van der Waals surface area contributed by atoms with Crippen molar-refractivity contribution in [1.29, 1.82) is 0 Å². The number of alkyl halides is 3. The van der Waals surface area contributed by atoms with Crippen molar-refractivity contribution in [1.82, 2.24) is 9.21 Å². The van der Waals surface area contributed by atoms with Gasteiger partial charge >= 0.3 is 6.18 Å². The molecule has 1 saturated carbocycles. The number of hydrogen-bond donors (Lipinski definition) is 0. The molecule has 29 heavy (non-hydrogen) atoms. The number of benzene rings is 1. The number of carbonyl (C=O) groups excluding carboxylic acids is 1. The fourth-order valence-corrected chi connectivity index (χ4v) is 5.55. The van der Waals surface area contributed by atoms with Crippen LogP contribution >= 0.6 is 0 Å². The highest BCUT2D eigenvalue weighted by atomic mass is 32.2. The van der Waals surface area contributed by atoms with E-state index < -0.39 is 33.9 Å². The van der Waals surface area contributed by atoms with Crippen LogP contribution in [-0.4, -0.2) is 55.9 Å². The highest BCUT2D eigenvalue weighted by molar-refractivity contribution is 7.89. The van der Waals surface area contributed by atoms with Gasteiger partial charge in [-0.05, 0) is 49.9 Å². The lowest BCUT2D eigenvalue weighted by Gasteiger charge is -2.33. The second-order valence-corrected chi connectivity index (χ2v) is 9.58. The molecule has 1 aliphatic carbocycles. The van der Waals surface area contributed by atoms with E-state index in [4.69, 9.17) is 0 Å². The number of sulfonamides is 1. The van der Waals surface area contributed by atoms with Crippen LogP contribution in [0.1, 0.15) is 32.1 Å². The summed E-state index contributed by atoms with van der Waals surface area (Å²) in [6, 6.07) is 4.52. The Morgan fingerprint density at radius 1 is 0.966 bits per heavy atom. The lowest BCUT2D eigenvalue weighted by atomic mass is 9.80. The molecular formula is C19H24F4N2O3S. The molecule has 0 N–H and O–H groups in total. The summed E-state index contributed by atoms with van der Waals surface area (Å²) < 4.78 is 78.9. The number of halogens is 4. The van der Waals surface area contributed by atoms with Crippen molar-refractivity contribution in [2.75, 3.05) is 26.2 Å². The molecule has 1 aromatic carbocycles. The van der Waals surface area contributed by atoms with Gasteiger partial charge in [-0.3, -0.25) is 4.79 Å². The van der Waals surface area contributed by atoms with Crippen LogP contribution in [-0.2, 0) is 14.8 Å². The van der Waals surface area contributed by atoms with Crippen molar-refractivity contribution in [3.05, 3.63) is 30.1 Å². The first-order valence-electron chi connectivity index (χ1n) is 9.70. The number of hydrogen-bond acceptors (Lipinski definition) is 3. The van der Waals surface area contributed by atoms with E-state index in [1.165, 1.54) is 21.3 Å². The zero-order chi connectivity index (χ0) is 21.2. The molecule has 2 aliphatic rings. The molecule has 2 fully saturated rings. The van der Waals surface area contributed by atoms with Gasteiger partial charge in [0.2, 0.25) is 15.9 Å². The highest BCUT2D eigenvalue weighted by Crippen LogP contribution is 2.40. The first-order valence-corrected chi connectivity index (χ1v) is 11.1. The summed E-state index contributed by atoms with van der Waals surface area (Å²) in [4.78, 5) is 14.3. The second kappa shape index (κ2) is 8.59. The molecule has 1 aromatic rings. The molecule has 3 rings (SSSR count). The number of amides is 1. The summed E-state index contributed by atoms with van der Waals surface area (Å²) in [6.07, 6.45) is -3.26. The smallest absolute Gasteiger partial charge is 0.341 e. The minimum absolute atomic E-state index is 0.0287. The summed E-state index contributed by atoms with van der Waals surface area (Å²) >= 11 is 0. The Labute approximate surface area is 167 Å². The van der Waals surface area contributed by atoms with Crippen molar-refractivity contribution in [2.45, 2.75) is 43.2 Å². The predicted molar refractivity (Wildman–Crippen MR) is 97.9 cm³/mol. The van der Waals surface area contributed by atoms with Gasteiger partial charge in [-0.15, -0.1) is 0 Å². The molecule has 10 heteroatoms. The summed E-state index contributed by atoms with van der Waals surface area (Å²) in [5.41, 5.74) is 0. The van der Waals surface area contributed by atoms with Gasteiger partial charge in [-0.25, -0.2) is 12.8 Å². The van der Waals surface area contributed by atoms with E-state index >= 15 is 0 Å². The topological polar surface area (TPSA) is 57.7 Å². The third-order valence-electron chi connectivity index (χ3n) is 5.70. The van der Waals surface area contributed by atoms with Gasteiger partial charge in [0.25, 0.3) is 0 Å². The van der Waals surface area contributed by atoms with E-state index in [1.54, 1.807) is 0 Å². The maximum atomic E-state index is 13.1. The van der Waals surface area contributed by atoms with Gasteiger partial charge < -0.3 is 4.90 Å². The number of nitrogens with zero attached hydrogens (tertiary/aromatic N) is 2. The minimum atomic E-state index is -4.29. The van der Waals surface area contributed by atoms with Crippen molar-refractivity contribution < 1.29 is 30.8 Å². The number of carbonyl (C=O) groups is 1. The fraction of sp³-hybridized carbons (Fsp3) is 0.632. The quantitative estimate of drug-likeness (QED) is 0.683. The third-order valence-corrected chi connectivity index (χ3v) is 7.62. The summed E-state index contributed by atoms with van der Waals surface area (Å²) in [5, 5.41) is 0. The average Bonchev–Trinajstić information content (AvgIpc) is 2.94. The van der Waals surface area contributed by atoms with E-state index in [0.717, 1.165) is 12.1 Å². The lowest BCUT2D eigenvalue weighted by Crippen LogP contribution is -2.42. The zero-order valence-electron chi connectivity index (χ0n) is 15.9. The SMILES string of the molecule is O=C(C1CCCC(C(F)(F)F)C1)N1CCCN(S(=O)(=O)c2ccc(F)cc2)CC1. The Morgan fingerprint density at radius 3 is 2.31 bits per heavy atom. The van der Waals surface area contributed by atoms with Crippen LogP contribution < -0.4 is 0 Å². The molecule has 0 bridgehead atoms. The summed E-state index contributed by atoms with van der Waals surface area (Å²) in [6.45, 7) is 0.689. The Bertz CT molecular complexity index is 827. The summed E-state index contributed by atoms with van der Waals surface area (Å²) in [7, 11) is -3.82. The molecule has 1 amide bonds. The molecule has 0 aromatic heterocycles. The van der Waals surface area contributed by atoms with Crippen molar-refractivity contribution in [3.63, 3.8) is 0 Å². The van der Waals surface area contributed by atoms with Gasteiger partial charge in [0.15, 0.2) is 0 Å². The molecule has 0 radical (unpaired) electrons. The largest absolute Gasteiger partial charge is 0.391 e. The second-order valence-electron chi connectivity index (χ2n) is 7.64. The maximum absolute atomic E-state index is 13.1. The van der Waals surface area contributed by atoms with E-state index in [1.807, 2.05) is 0 Å². The van der Waals surface area contributed by atoms with Crippen molar-refractivity contribution in [2.24, 2.45) is 11.8 Å². The van der Waals surface area contributed by atoms with Gasteiger partial charge in [-0.2, -0.15) is 17.5 Å². The standard InChI is InChI=1S/C19H24F4N2O3S/c20-16-5-7-17(8-6-16)29(27,28)25-10-2-9-24(11-12-25)18(26)14-3-1-4-15(13-14)19(21,22)23/h5-8,14-15H,1-4,9-13H2. The molecule has 5 nitrogen and oxygen atoms in total. The van der Waals surface area contributed by atoms with Gasteiger partial charge in [0.05, 0.1) is 10.8 Å². The first kappa shape index (κ1) is 22.0. The van der Waals surface area contributed by atoms with E-state index in [0.29, 0.717) is 25.8 Å². The monoisotopic (exact) mass is 436 g/mol. The van der Waals surface area contributed by atoms with E-state index in [2.05, 4.69) is 0 Å². The van der Waals surface area contributed by atoms with Gasteiger partial charge in [0.1, 0.15) is 5.82 Å². The summed E-state index contributed by atoms with van der Waals surface area (Å²) in [5.74, 6) is -2.98. The van der Waals surface area contributed by atoms with Crippen LogP contribution in [0.3, 0.4) is 0 Å². The fourth-order valence-electron chi connectivity index (χ4n) is 4.08. The normalized spacial score (nSPS) is 24.9. The van der Waals surface area contributed by atoms with Crippen LogP contribution in [0.5, 0.6) is 0 Å². The Hall–Kier alpha value is -1.68. The maximum Gasteiger partial charge on any atom is 0.391 e. The van der Waals surface area contributed by atoms with Gasteiger partial charge in [-0.1, -0.05) is 6.42 Å². The van der Waals surface area contributed by atoms with Gasteiger partial charge in [0, 0.05) is 32.1 Å². The van der Waals surface area contributed by atoms with Crippen molar-refractivity contribution in [3.8, 4) is 0 Å². The molecule has 2 unspecified atom stereocenters. The molecule has 1 heterocycles. The van der Waals surface area contributed by atoms with E-state index in [-0.39, 0.29) is 43.3 Å². The molecular weight excluding hydrogens is 412 g/mol. The Balaban J connectivity index is 1.65.